The van der Waals surface area contributed by atoms with Crippen LogP contribution in [0.4, 0.5) is 0 Å². The summed E-state index contributed by atoms with van der Waals surface area (Å²) >= 11 is 14.1. The molecule has 1 atom stereocenters. The molecule has 3 rings (SSSR count). The molecule has 0 radical (unpaired) electrons. The van der Waals surface area contributed by atoms with Crippen molar-refractivity contribution >= 4 is 34.5 Å². The van der Waals surface area contributed by atoms with Crippen LogP contribution in [0.3, 0.4) is 0 Å². The highest BCUT2D eigenvalue weighted by Crippen LogP contribution is 2.31. The highest BCUT2D eigenvalue weighted by Gasteiger charge is 2.17. The van der Waals surface area contributed by atoms with Crippen molar-refractivity contribution in [2.45, 2.75) is 19.4 Å². The van der Waals surface area contributed by atoms with Gasteiger partial charge in [-0.2, -0.15) is 0 Å². The van der Waals surface area contributed by atoms with Crippen LogP contribution in [0.15, 0.2) is 49.1 Å². The number of hydrogen-bond donors (Lipinski definition) is 0. The molecule has 0 spiro atoms. The Labute approximate surface area is 138 Å². The SMILES string of the molecule is Cc1ccc(C(Cc2ccc(Cl)cc2Cl)n2ccnc2)s1. The highest BCUT2D eigenvalue weighted by molar-refractivity contribution is 7.12. The van der Waals surface area contributed by atoms with Gasteiger partial charge in [-0.3, -0.25) is 0 Å². The Morgan fingerprint density at radius 3 is 2.71 bits per heavy atom. The Bertz CT molecular complexity index is 735. The number of benzene rings is 1. The molecule has 1 unspecified atom stereocenters. The van der Waals surface area contributed by atoms with Gasteiger partial charge >= 0.3 is 0 Å². The quantitative estimate of drug-likeness (QED) is 0.624. The predicted octanol–water partition coefficient (Wildman–Crippen LogP) is 5.39. The molecule has 0 bridgehead atoms. The fourth-order valence-electron chi connectivity index (χ4n) is 2.33. The second-order valence-corrected chi connectivity index (χ2v) is 7.08. The van der Waals surface area contributed by atoms with Crippen molar-refractivity contribution in [3.8, 4) is 0 Å². The normalized spacial score (nSPS) is 12.5. The van der Waals surface area contributed by atoms with Gasteiger partial charge < -0.3 is 4.57 Å². The van der Waals surface area contributed by atoms with Crippen LogP contribution in [0, 0.1) is 6.92 Å². The second kappa shape index (κ2) is 6.22. The van der Waals surface area contributed by atoms with E-state index in [1.807, 2.05) is 24.7 Å². The molecule has 21 heavy (non-hydrogen) atoms. The van der Waals surface area contributed by atoms with Crippen LogP contribution in [0.2, 0.25) is 10.0 Å². The molecule has 108 valence electrons. The molecule has 2 nitrogen and oxygen atoms in total. The average Bonchev–Trinajstić information content (AvgIpc) is 3.09. The summed E-state index contributed by atoms with van der Waals surface area (Å²) in [5, 5.41) is 1.37. The van der Waals surface area contributed by atoms with Gasteiger partial charge in [0.15, 0.2) is 0 Å². The van der Waals surface area contributed by atoms with Crippen LogP contribution >= 0.6 is 34.5 Å². The zero-order valence-electron chi connectivity index (χ0n) is 11.5. The summed E-state index contributed by atoms with van der Waals surface area (Å²) in [6, 6.07) is 10.2. The van der Waals surface area contributed by atoms with Gasteiger partial charge in [-0.15, -0.1) is 11.3 Å². The van der Waals surface area contributed by atoms with E-state index in [0.29, 0.717) is 10.0 Å². The minimum absolute atomic E-state index is 0.199. The zero-order valence-corrected chi connectivity index (χ0v) is 13.8. The molecule has 0 saturated heterocycles. The molecular weight excluding hydrogens is 323 g/mol. The third-order valence-corrected chi connectivity index (χ3v) is 5.09. The number of halogens is 2. The number of rotatable bonds is 4. The molecule has 3 aromatic rings. The molecule has 0 saturated carbocycles. The molecule has 0 aliphatic heterocycles. The van der Waals surface area contributed by atoms with Gasteiger partial charge in [0.2, 0.25) is 0 Å². The predicted molar refractivity (Wildman–Crippen MR) is 89.6 cm³/mol. The number of aromatic nitrogens is 2. The molecule has 0 aliphatic rings. The molecule has 0 N–H and O–H groups in total. The molecular formula is C16H14Cl2N2S. The Morgan fingerprint density at radius 1 is 1.24 bits per heavy atom. The van der Waals surface area contributed by atoms with E-state index in [2.05, 4.69) is 28.6 Å². The monoisotopic (exact) mass is 336 g/mol. The molecule has 0 fully saturated rings. The van der Waals surface area contributed by atoms with Gasteiger partial charge in [0, 0.05) is 32.2 Å². The average molecular weight is 337 g/mol. The van der Waals surface area contributed by atoms with Crippen molar-refractivity contribution in [3.63, 3.8) is 0 Å². The maximum atomic E-state index is 6.32. The lowest BCUT2D eigenvalue weighted by Gasteiger charge is -2.18. The molecule has 0 amide bonds. The molecule has 5 heteroatoms. The van der Waals surface area contributed by atoms with Crippen molar-refractivity contribution in [1.82, 2.24) is 9.55 Å². The number of imidazole rings is 1. The van der Waals surface area contributed by atoms with Crippen LogP contribution in [0.25, 0.3) is 0 Å². The third kappa shape index (κ3) is 3.31. The number of aryl methyl sites for hydroxylation is 1. The highest BCUT2D eigenvalue weighted by atomic mass is 35.5. The fourth-order valence-corrected chi connectivity index (χ4v) is 3.81. The van der Waals surface area contributed by atoms with Gasteiger partial charge in [0.05, 0.1) is 12.4 Å². The lowest BCUT2D eigenvalue weighted by atomic mass is 10.0. The summed E-state index contributed by atoms with van der Waals surface area (Å²) in [4.78, 5) is 6.77. The summed E-state index contributed by atoms with van der Waals surface area (Å²) in [6.45, 7) is 2.12. The summed E-state index contributed by atoms with van der Waals surface area (Å²) in [7, 11) is 0. The first-order valence-electron chi connectivity index (χ1n) is 6.61. The zero-order chi connectivity index (χ0) is 14.8. The lowest BCUT2D eigenvalue weighted by molar-refractivity contribution is 0.590. The third-order valence-electron chi connectivity index (χ3n) is 3.40. The van der Waals surface area contributed by atoms with Gasteiger partial charge in [-0.05, 0) is 43.2 Å². The molecule has 0 aliphatic carbocycles. The van der Waals surface area contributed by atoms with Crippen molar-refractivity contribution in [3.05, 3.63) is 74.4 Å². The van der Waals surface area contributed by atoms with Crippen LogP contribution in [0.1, 0.15) is 21.4 Å². The first kappa shape index (κ1) is 14.6. The van der Waals surface area contributed by atoms with Gasteiger partial charge in [0.25, 0.3) is 0 Å². The van der Waals surface area contributed by atoms with Crippen molar-refractivity contribution in [1.29, 1.82) is 0 Å². The number of nitrogens with zero attached hydrogens (tertiary/aromatic N) is 2. The molecule has 2 aromatic heterocycles. The largest absolute Gasteiger partial charge is 0.329 e. The van der Waals surface area contributed by atoms with E-state index in [1.54, 1.807) is 23.6 Å². The smallest absolute Gasteiger partial charge is 0.0952 e. The van der Waals surface area contributed by atoms with E-state index in [0.717, 1.165) is 12.0 Å². The Morgan fingerprint density at radius 2 is 2.10 bits per heavy atom. The first-order chi connectivity index (χ1) is 10.1. The van der Waals surface area contributed by atoms with Gasteiger partial charge in [-0.1, -0.05) is 29.3 Å². The van der Waals surface area contributed by atoms with Crippen LogP contribution < -0.4 is 0 Å². The molecule has 2 heterocycles. The van der Waals surface area contributed by atoms with Crippen molar-refractivity contribution in [2.75, 3.05) is 0 Å². The van der Waals surface area contributed by atoms with Crippen LogP contribution in [-0.2, 0) is 6.42 Å². The second-order valence-electron chi connectivity index (χ2n) is 4.91. The Kier molecular flexibility index (Phi) is 4.34. The number of thiophene rings is 1. The van der Waals surface area contributed by atoms with E-state index in [4.69, 9.17) is 23.2 Å². The van der Waals surface area contributed by atoms with E-state index >= 15 is 0 Å². The van der Waals surface area contributed by atoms with E-state index in [1.165, 1.54) is 9.75 Å². The maximum Gasteiger partial charge on any atom is 0.0952 e. The molecule has 1 aromatic carbocycles. The van der Waals surface area contributed by atoms with E-state index < -0.39 is 0 Å². The van der Waals surface area contributed by atoms with E-state index in [9.17, 15) is 0 Å². The lowest BCUT2D eigenvalue weighted by Crippen LogP contribution is -2.11. The first-order valence-corrected chi connectivity index (χ1v) is 8.18. The van der Waals surface area contributed by atoms with Crippen LogP contribution in [-0.4, -0.2) is 9.55 Å². The number of hydrogen-bond acceptors (Lipinski definition) is 2. The summed E-state index contributed by atoms with van der Waals surface area (Å²) in [5.74, 6) is 0. The Hall–Kier alpha value is -1.29. The topological polar surface area (TPSA) is 17.8 Å². The maximum absolute atomic E-state index is 6.32. The minimum atomic E-state index is 0.199. The summed E-state index contributed by atoms with van der Waals surface area (Å²) in [6.07, 6.45) is 6.45. The van der Waals surface area contributed by atoms with Gasteiger partial charge in [0.1, 0.15) is 0 Å². The van der Waals surface area contributed by atoms with Crippen molar-refractivity contribution < 1.29 is 0 Å². The standard InChI is InChI=1S/C16H14Cl2N2S/c1-11-2-5-16(21-11)15(20-7-6-19-10-20)8-12-3-4-13(17)9-14(12)18/h2-7,9-10,15H,8H2,1H3. The van der Waals surface area contributed by atoms with Crippen molar-refractivity contribution in [2.24, 2.45) is 0 Å². The summed E-state index contributed by atoms with van der Waals surface area (Å²) in [5.41, 5.74) is 1.09. The summed E-state index contributed by atoms with van der Waals surface area (Å²) < 4.78 is 2.12. The van der Waals surface area contributed by atoms with Crippen LogP contribution in [0.5, 0.6) is 0 Å². The minimum Gasteiger partial charge on any atom is -0.329 e. The van der Waals surface area contributed by atoms with Gasteiger partial charge in [-0.25, -0.2) is 4.98 Å². The fraction of sp³-hybridized carbons (Fsp3) is 0.188. The Balaban J connectivity index is 1.96. The van der Waals surface area contributed by atoms with E-state index in [-0.39, 0.29) is 6.04 Å².